The van der Waals surface area contributed by atoms with Crippen molar-refractivity contribution in [3.05, 3.63) is 53.7 Å². The lowest BCUT2D eigenvalue weighted by atomic mass is 9.82. The van der Waals surface area contributed by atoms with Crippen molar-refractivity contribution in [3.8, 4) is 0 Å². The zero-order chi connectivity index (χ0) is 23.0. The fourth-order valence-electron chi connectivity index (χ4n) is 4.41. The quantitative estimate of drug-likeness (QED) is 0.271. The maximum atomic E-state index is 11.0. The minimum atomic E-state index is -1.02. The van der Waals surface area contributed by atoms with Crippen LogP contribution in [0.15, 0.2) is 42.5 Å². The van der Waals surface area contributed by atoms with Crippen LogP contribution in [0.5, 0.6) is 0 Å². The van der Waals surface area contributed by atoms with Crippen LogP contribution in [0.1, 0.15) is 50.6 Å². The lowest BCUT2D eigenvalue weighted by Crippen LogP contribution is -2.45. The lowest BCUT2D eigenvalue weighted by molar-refractivity contribution is -0.109. The third kappa shape index (κ3) is 6.36. The van der Waals surface area contributed by atoms with E-state index in [1.165, 1.54) is 0 Å². The number of nitrogens with one attached hydrogen (secondary N) is 2. The van der Waals surface area contributed by atoms with Gasteiger partial charge in [0.05, 0.1) is 23.9 Å². The van der Waals surface area contributed by atoms with E-state index in [0.29, 0.717) is 25.3 Å². The molecule has 3 rings (SSSR count). The SMILES string of the molecule is C/C=C\C(C)(CNC=O)Cc1cc(C(O)N[C@H]2CCCCOC[C@@H]2O)nc2ccccc12. The highest BCUT2D eigenvalue weighted by Crippen LogP contribution is 2.30. The molecule has 2 aromatic rings. The summed E-state index contributed by atoms with van der Waals surface area (Å²) in [4.78, 5) is 15.6. The molecule has 2 heterocycles. The summed E-state index contributed by atoms with van der Waals surface area (Å²) in [5.74, 6) is 0. The summed E-state index contributed by atoms with van der Waals surface area (Å²) >= 11 is 0. The molecule has 1 amide bonds. The fraction of sp³-hybridized carbons (Fsp3) is 0.520. The van der Waals surface area contributed by atoms with Crippen molar-refractivity contribution in [2.24, 2.45) is 5.41 Å². The number of hydrogen-bond donors (Lipinski definition) is 4. The number of aliphatic hydroxyl groups excluding tert-OH is 2. The molecule has 174 valence electrons. The molecule has 1 aromatic heterocycles. The van der Waals surface area contributed by atoms with Crippen LogP contribution < -0.4 is 10.6 Å². The van der Waals surface area contributed by atoms with E-state index in [9.17, 15) is 15.0 Å². The third-order valence-corrected chi connectivity index (χ3v) is 6.03. The minimum absolute atomic E-state index is 0.256. The Kier molecular flexibility index (Phi) is 8.75. The van der Waals surface area contributed by atoms with E-state index in [2.05, 4.69) is 23.6 Å². The van der Waals surface area contributed by atoms with Gasteiger partial charge < -0.3 is 20.3 Å². The maximum Gasteiger partial charge on any atom is 0.207 e. The predicted octanol–water partition coefficient (Wildman–Crippen LogP) is 2.62. The van der Waals surface area contributed by atoms with Gasteiger partial charge in [-0.1, -0.05) is 37.3 Å². The molecule has 32 heavy (non-hydrogen) atoms. The first kappa shape index (κ1) is 24.3. The Morgan fingerprint density at radius 1 is 1.34 bits per heavy atom. The van der Waals surface area contributed by atoms with Crippen LogP contribution in [0.25, 0.3) is 10.9 Å². The standard InChI is InChI=1S/C25H35N3O4/c1-3-11-25(2,16-26-17-29)14-18-13-22(27-20-9-5-4-8-19(18)20)24(31)28-21-10-6-7-12-32-15-23(21)30/h3-5,8-9,11,13,17,21,23-24,28,30-31H,6-7,10,12,14-16H2,1-2H3,(H,26,29)/b11-3-/t21-,23-,24?,25?/m0/s1. The van der Waals surface area contributed by atoms with Crippen molar-refractivity contribution in [2.45, 2.75) is 57.9 Å². The minimum Gasteiger partial charge on any atom is -0.389 e. The normalized spacial score (nSPS) is 22.8. The molecule has 1 saturated heterocycles. The van der Waals surface area contributed by atoms with Crippen LogP contribution in [-0.4, -0.2) is 53.5 Å². The molecular weight excluding hydrogens is 406 g/mol. The fourth-order valence-corrected chi connectivity index (χ4v) is 4.41. The molecule has 2 unspecified atom stereocenters. The number of ether oxygens (including phenoxy) is 1. The van der Waals surface area contributed by atoms with Crippen LogP contribution in [0.3, 0.4) is 0 Å². The Balaban J connectivity index is 1.90. The van der Waals surface area contributed by atoms with E-state index in [-0.39, 0.29) is 18.1 Å². The highest BCUT2D eigenvalue weighted by atomic mass is 16.5. The number of carbonyl (C=O) groups excluding carboxylic acids is 1. The summed E-state index contributed by atoms with van der Waals surface area (Å²) in [5, 5.41) is 28.4. The molecule has 1 fully saturated rings. The summed E-state index contributed by atoms with van der Waals surface area (Å²) in [6.07, 6.45) is 6.40. The number of fused-ring (bicyclic) bond motifs is 1. The molecule has 4 atom stereocenters. The Labute approximate surface area is 189 Å². The van der Waals surface area contributed by atoms with E-state index in [0.717, 1.165) is 42.1 Å². The predicted molar refractivity (Wildman–Crippen MR) is 125 cm³/mol. The van der Waals surface area contributed by atoms with Gasteiger partial charge in [0.25, 0.3) is 0 Å². The van der Waals surface area contributed by atoms with E-state index in [4.69, 9.17) is 9.72 Å². The molecule has 1 aliphatic heterocycles. The van der Waals surface area contributed by atoms with E-state index in [1.54, 1.807) is 0 Å². The molecule has 0 bridgehead atoms. The second kappa shape index (κ2) is 11.5. The van der Waals surface area contributed by atoms with E-state index >= 15 is 0 Å². The molecular formula is C25H35N3O4. The summed E-state index contributed by atoms with van der Waals surface area (Å²) in [7, 11) is 0. The Morgan fingerprint density at radius 3 is 2.94 bits per heavy atom. The number of nitrogens with zero attached hydrogens (tertiary/aromatic N) is 1. The zero-order valence-corrected chi connectivity index (χ0v) is 19.0. The van der Waals surface area contributed by atoms with Crippen molar-refractivity contribution >= 4 is 17.3 Å². The number of rotatable bonds is 9. The number of para-hydroxylation sites is 1. The van der Waals surface area contributed by atoms with Crippen LogP contribution in [0.2, 0.25) is 0 Å². The topological polar surface area (TPSA) is 104 Å². The largest absolute Gasteiger partial charge is 0.389 e. The molecule has 0 aliphatic carbocycles. The molecule has 0 spiro atoms. The number of benzene rings is 1. The van der Waals surface area contributed by atoms with Crippen LogP contribution in [0, 0.1) is 5.41 Å². The highest BCUT2D eigenvalue weighted by Gasteiger charge is 2.26. The van der Waals surface area contributed by atoms with Crippen molar-refractivity contribution in [3.63, 3.8) is 0 Å². The number of aliphatic hydroxyl groups is 2. The molecule has 0 saturated carbocycles. The van der Waals surface area contributed by atoms with Gasteiger partial charge in [-0.2, -0.15) is 0 Å². The second-order valence-electron chi connectivity index (χ2n) is 8.87. The van der Waals surface area contributed by atoms with Gasteiger partial charge in [-0.3, -0.25) is 10.1 Å². The monoisotopic (exact) mass is 441 g/mol. The first-order valence-electron chi connectivity index (χ1n) is 11.3. The second-order valence-corrected chi connectivity index (χ2v) is 8.87. The molecule has 7 nitrogen and oxygen atoms in total. The smallest absolute Gasteiger partial charge is 0.207 e. The Bertz CT molecular complexity index is 919. The van der Waals surface area contributed by atoms with Crippen molar-refractivity contribution in [1.29, 1.82) is 0 Å². The van der Waals surface area contributed by atoms with Crippen LogP contribution >= 0.6 is 0 Å². The molecule has 1 aromatic carbocycles. The average molecular weight is 442 g/mol. The van der Waals surface area contributed by atoms with Crippen LogP contribution in [0.4, 0.5) is 0 Å². The highest BCUT2D eigenvalue weighted by molar-refractivity contribution is 5.82. The van der Waals surface area contributed by atoms with Gasteiger partial charge in [0.2, 0.25) is 6.41 Å². The number of aromatic nitrogens is 1. The number of hydrogen-bond acceptors (Lipinski definition) is 6. The molecule has 0 radical (unpaired) electrons. The van der Waals surface area contributed by atoms with Gasteiger partial charge in [0.1, 0.15) is 6.23 Å². The summed E-state index contributed by atoms with van der Waals surface area (Å²) in [6, 6.07) is 9.52. The molecule has 1 aliphatic rings. The average Bonchev–Trinajstić information content (AvgIpc) is 2.77. The first-order chi connectivity index (χ1) is 15.5. The van der Waals surface area contributed by atoms with E-state index < -0.39 is 12.3 Å². The van der Waals surface area contributed by atoms with Gasteiger partial charge in [0.15, 0.2) is 0 Å². The lowest BCUT2D eigenvalue weighted by Gasteiger charge is -2.29. The molecule has 4 N–H and O–H groups in total. The number of allylic oxidation sites excluding steroid dienone is 1. The van der Waals surface area contributed by atoms with Gasteiger partial charge >= 0.3 is 0 Å². The number of carbonyl (C=O) groups is 1. The Hall–Kier alpha value is -2.32. The van der Waals surface area contributed by atoms with Crippen LogP contribution in [-0.2, 0) is 16.0 Å². The van der Waals surface area contributed by atoms with Gasteiger partial charge in [-0.15, -0.1) is 0 Å². The third-order valence-electron chi connectivity index (χ3n) is 6.03. The Morgan fingerprint density at radius 2 is 2.16 bits per heavy atom. The van der Waals surface area contributed by atoms with Crippen molar-refractivity contribution in [2.75, 3.05) is 19.8 Å². The summed E-state index contributed by atoms with van der Waals surface area (Å²) in [5.41, 5.74) is 2.07. The van der Waals surface area contributed by atoms with Crippen molar-refractivity contribution in [1.82, 2.24) is 15.6 Å². The van der Waals surface area contributed by atoms with Gasteiger partial charge in [0, 0.05) is 30.0 Å². The summed E-state index contributed by atoms with van der Waals surface area (Å²) < 4.78 is 5.47. The van der Waals surface area contributed by atoms with E-state index in [1.807, 2.05) is 43.3 Å². The maximum absolute atomic E-state index is 11.0. The number of pyridine rings is 1. The van der Waals surface area contributed by atoms with Gasteiger partial charge in [-0.05, 0) is 50.3 Å². The summed E-state index contributed by atoms with van der Waals surface area (Å²) in [6.45, 7) is 5.48. The zero-order valence-electron chi connectivity index (χ0n) is 19.0. The first-order valence-corrected chi connectivity index (χ1v) is 11.3. The van der Waals surface area contributed by atoms with Gasteiger partial charge in [-0.25, -0.2) is 4.98 Å². The number of amides is 1. The van der Waals surface area contributed by atoms with Crippen molar-refractivity contribution < 1.29 is 19.7 Å². The molecule has 7 heteroatoms.